The zero-order valence-electron chi connectivity index (χ0n) is 11.2. The van der Waals surface area contributed by atoms with Gasteiger partial charge < -0.3 is 14.8 Å². The van der Waals surface area contributed by atoms with Crippen molar-refractivity contribution in [2.24, 2.45) is 5.92 Å². The van der Waals surface area contributed by atoms with Gasteiger partial charge in [0.2, 0.25) is 0 Å². The summed E-state index contributed by atoms with van der Waals surface area (Å²) in [5, 5.41) is 3.43. The van der Waals surface area contributed by atoms with Crippen LogP contribution in [0.4, 0.5) is 0 Å². The van der Waals surface area contributed by atoms with Gasteiger partial charge in [0.1, 0.15) is 11.5 Å². The molecule has 0 radical (unpaired) electrons. The largest absolute Gasteiger partial charge is 0.497 e. The lowest BCUT2D eigenvalue weighted by atomic mass is 10.1. The van der Waals surface area contributed by atoms with Gasteiger partial charge >= 0.3 is 0 Å². The maximum Gasteiger partial charge on any atom is 0.122 e. The van der Waals surface area contributed by atoms with Crippen LogP contribution in [0.2, 0.25) is 0 Å². The summed E-state index contributed by atoms with van der Waals surface area (Å²) in [6.45, 7) is 6.46. The van der Waals surface area contributed by atoms with E-state index in [4.69, 9.17) is 9.47 Å². The molecule has 0 unspecified atom stereocenters. The van der Waals surface area contributed by atoms with Crippen molar-refractivity contribution in [2.75, 3.05) is 27.3 Å². The van der Waals surface area contributed by atoms with Gasteiger partial charge in [0.15, 0.2) is 0 Å². The average molecular weight is 237 g/mol. The van der Waals surface area contributed by atoms with Gasteiger partial charge in [-0.15, -0.1) is 0 Å². The highest BCUT2D eigenvalue weighted by Crippen LogP contribution is 2.22. The van der Waals surface area contributed by atoms with Gasteiger partial charge in [-0.3, -0.25) is 0 Å². The molecule has 1 N–H and O–H groups in total. The standard InChI is InChI=1S/C14H23NO2/c1-11(2)10-15-6-5-12-7-13(16-3)9-14(8-12)17-4/h7-9,11,15H,5-6,10H2,1-4H3. The average Bonchev–Trinajstić information content (AvgIpc) is 2.34. The molecule has 0 amide bonds. The van der Waals surface area contributed by atoms with Gasteiger partial charge in [0.05, 0.1) is 14.2 Å². The summed E-state index contributed by atoms with van der Waals surface area (Å²) >= 11 is 0. The van der Waals surface area contributed by atoms with E-state index in [9.17, 15) is 0 Å². The molecule has 0 saturated heterocycles. The molecule has 3 heteroatoms. The Hall–Kier alpha value is -1.22. The minimum atomic E-state index is 0.690. The molecule has 0 saturated carbocycles. The van der Waals surface area contributed by atoms with Gasteiger partial charge in [-0.05, 0) is 43.1 Å². The third-order valence-corrected chi connectivity index (χ3v) is 2.55. The summed E-state index contributed by atoms with van der Waals surface area (Å²) in [7, 11) is 3.35. The fourth-order valence-electron chi connectivity index (χ4n) is 1.63. The normalized spacial score (nSPS) is 10.6. The second-order valence-corrected chi connectivity index (χ2v) is 4.57. The lowest BCUT2D eigenvalue weighted by Gasteiger charge is -2.10. The zero-order chi connectivity index (χ0) is 12.7. The van der Waals surface area contributed by atoms with Crippen molar-refractivity contribution in [1.82, 2.24) is 5.32 Å². The van der Waals surface area contributed by atoms with Crippen LogP contribution in [0, 0.1) is 5.92 Å². The van der Waals surface area contributed by atoms with Crippen molar-refractivity contribution in [2.45, 2.75) is 20.3 Å². The van der Waals surface area contributed by atoms with Crippen LogP contribution in [0.15, 0.2) is 18.2 Å². The maximum absolute atomic E-state index is 5.24. The Morgan fingerprint density at radius 3 is 2.12 bits per heavy atom. The number of methoxy groups -OCH3 is 2. The Morgan fingerprint density at radius 1 is 1.06 bits per heavy atom. The molecule has 0 bridgehead atoms. The van der Waals surface area contributed by atoms with Crippen molar-refractivity contribution in [3.05, 3.63) is 23.8 Å². The molecule has 96 valence electrons. The first-order valence-corrected chi connectivity index (χ1v) is 6.08. The van der Waals surface area contributed by atoms with Crippen LogP contribution >= 0.6 is 0 Å². The number of benzene rings is 1. The van der Waals surface area contributed by atoms with Crippen LogP contribution in [0.5, 0.6) is 11.5 Å². The summed E-state index contributed by atoms with van der Waals surface area (Å²) in [6.07, 6.45) is 0.986. The number of ether oxygens (including phenoxy) is 2. The predicted molar refractivity (Wildman–Crippen MR) is 71.0 cm³/mol. The van der Waals surface area contributed by atoms with E-state index in [1.807, 2.05) is 6.07 Å². The van der Waals surface area contributed by atoms with E-state index >= 15 is 0 Å². The van der Waals surface area contributed by atoms with Gasteiger partial charge in [0, 0.05) is 6.07 Å². The molecule has 17 heavy (non-hydrogen) atoms. The highest BCUT2D eigenvalue weighted by molar-refractivity contribution is 5.38. The molecule has 3 nitrogen and oxygen atoms in total. The Kier molecular flexibility index (Phi) is 5.84. The third-order valence-electron chi connectivity index (χ3n) is 2.55. The summed E-state index contributed by atoms with van der Waals surface area (Å²) in [6, 6.07) is 6.00. The zero-order valence-corrected chi connectivity index (χ0v) is 11.2. The van der Waals surface area contributed by atoms with Crippen molar-refractivity contribution in [1.29, 1.82) is 0 Å². The van der Waals surface area contributed by atoms with Crippen molar-refractivity contribution >= 4 is 0 Å². The van der Waals surface area contributed by atoms with Gasteiger partial charge in [0.25, 0.3) is 0 Å². The maximum atomic E-state index is 5.24. The minimum Gasteiger partial charge on any atom is -0.497 e. The van der Waals surface area contributed by atoms with E-state index in [0.717, 1.165) is 31.0 Å². The summed E-state index contributed by atoms with van der Waals surface area (Å²) < 4.78 is 10.5. The van der Waals surface area contributed by atoms with E-state index in [2.05, 4.69) is 31.3 Å². The smallest absolute Gasteiger partial charge is 0.122 e. The Bertz CT molecular complexity index is 315. The van der Waals surface area contributed by atoms with E-state index in [1.54, 1.807) is 14.2 Å². The molecule has 0 fully saturated rings. The molecule has 0 spiro atoms. The first-order chi connectivity index (χ1) is 8.15. The van der Waals surface area contributed by atoms with E-state index in [-0.39, 0.29) is 0 Å². The van der Waals surface area contributed by atoms with Gasteiger partial charge in [-0.25, -0.2) is 0 Å². The molecule has 0 aliphatic carbocycles. The van der Waals surface area contributed by atoms with Crippen LogP contribution in [-0.2, 0) is 6.42 Å². The molecular formula is C14H23NO2. The number of rotatable bonds is 7. The number of nitrogens with one attached hydrogen (secondary N) is 1. The van der Waals surface area contributed by atoms with E-state index < -0.39 is 0 Å². The molecule has 1 aromatic rings. The van der Waals surface area contributed by atoms with E-state index in [1.165, 1.54) is 5.56 Å². The van der Waals surface area contributed by atoms with Crippen molar-refractivity contribution in [3.63, 3.8) is 0 Å². The highest BCUT2D eigenvalue weighted by atomic mass is 16.5. The SMILES string of the molecule is COc1cc(CCNCC(C)C)cc(OC)c1. The molecule has 0 aliphatic heterocycles. The Balaban J connectivity index is 2.51. The van der Waals surface area contributed by atoms with Crippen LogP contribution in [0.3, 0.4) is 0 Å². The Labute approximate surface area is 104 Å². The second kappa shape index (κ2) is 7.17. The molecular weight excluding hydrogens is 214 g/mol. The lowest BCUT2D eigenvalue weighted by molar-refractivity contribution is 0.393. The highest BCUT2D eigenvalue weighted by Gasteiger charge is 2.02. The number of hydrogen-bond donors (Lipinski definition) is 1. The van der Waals surface area contributed by atoms with E-state index in [0.29, 0.717) is 5.92 Å². The summed E-state index contributed by atoms with van der Waals surface area (Å²) in [4.78, 5) is 0. The summed E-state index contributed by atoms with van der Waals surface area (Å²) in [5.41, 5.74) is 1.23. The molecule has 1 aromatic carbocycles. The van der Waals surface area contributed by atoms with Crippen LogP contribution in [-0.4, -0.2) is 27.3 Å². The fourth-order valence-corrected chi connectivity index (χ4v) is 1.63. The van der Waals surface area contributed by atoms with Crippen LogP contribution < -0.4 is 14.8 Å². The quantitative estimate of drug-likeness (QED) is 0.739. The van der Waals surface area contributed by atoms with Gasteiger partial charge in [-0.2, -0.15) is 0 Å². The lowest BCUT2D eigenvalue weighted by Crippen LogP contribution is -2.22. The van der Waals surface area contributed by atoms with Crippen LogP contribution in [0.25, 0.3) is 0 Å². The second-order valence-electron chi connectivity index (χ2n) is 4.57. The first-order valence-electron chi connectivity index (χ1n) is 6.08. The molecule has 1 rings (SSSR count). The monoisotopic (exact) mass is 237 g/mol. The Morgan fingerprint density at radius 2 is 1.65 bits per heavy atom. The van der Waals surface area contributed by atoms with Gasteiger partial charge in [-0.1, -0.05) is 13.8 Å². The third kappa shape index (κ3) is 5.09. The minimum absolute atomic E-state index is 0.690. The van der Waals surface area contributed by atoms with Crippen LogP contribution in [0.1, 0.15) is 19.4 Å². The molecule has 0 heterocycles. The number of hydrogen-bond acceptors (Lipinski definition) is 3. The predicted octanol–water partition coefficient (Wildman–Crippen LogP) is 2.49. The molecule has 0 aromatic heterocycles. The van der Waals surface area contributed by atoms with Crippen molar-refractivity contribution < 1.29 is 9.47 Å². The fraction of sp³-hybridized carbons (Fsp3) is 0.571. The molecule has 0 aliphatic rings. The van der Waals surface area contributed by atoms with Crippen molar-refractivity contribution in [3.8, 4) is 11.5 Å². The first kappa shape index (κ1) is 13.8. The summed E-state index contributed by atoms with van der Waals surface area (Å²) in [5.74, 6) is 2.39. The topological polar surface area (TPSA) is 30.5 Å². The molecule has 0 atom stereocenters.